The number of hydrogen-bond acceptors (Lipinski definition) is 5. The molecule has 5 nitrogen and oxygen atoms in total. The fourth-order valence-corrected chi connectivity index (χ4v) is 3.32. The lowest BCUT2D eigenvalue weighted by Crippen LogP contribution is -2.37. The number of carbonyl (C=O) groups excluding carboxylic acids is 2. The van der Waals surface area contributed by atoms with Crippen molar-refractivity contribution >= 4 is 20.3 Å². The van der Waals surface area contributed by atoms with E-state index >= 15 is 0 Å². The zero-order valence-electron chi connectivity index (χ0n) is 11.1. The summed E-state index contributed by atoms with van der Waals surface area (Å²) in [6.07, 6.45) is 1.80. The molecular formula is C12H18O5Si. The maximum Gasteiger partial charge on any atom is 0.320 e. The second kappa shape index (κ2) is 4.51. The van der Waals surface area contributed by atoms with Crippen LogP contribution in [0.25, 0.3) is 0 Å². The second-order valence-corrected chi connectivity index (χ2v) is 10.1. The van der Waals surface area contributed by atoms with E-state index in [9.17, 15) is 9.59 Å². The van der Waals surface area contributed by atoms with E-state index in [0.717, 1.165) is 5.76 Å². The van der Waals surface area contributed by atoms with Crippen molar-refractivity contribution in [1.82, 2.24) is 0 Å². The monoisotopic (exact) mass is 270 g/mol. The minimum Gasteiger partial charge on any atom is -0.547 e. The van der Waals surface area contributed by atoms with E-state index in [1.165, 1.54) is 7.11 Å². The van der Waals surface area contributed by atoms with Gasteiger partial charge in [-0.1, -0.05) is 0 Å². The number of carbonyl (C=O) groups is 2. The molecule has 100 valence electrons. The van der Waals surface area contributed by atoms with Crippen LogP contribution in [0.5, 0.6) is 0 Å². The van der Waals surface area contributed by atoms with Gasteiger partial charge in [-0.2, -0.15) is 0 Å². The molecule has 0 N–H and O–H groups in total. The molecule has 0 aromatic rings. The summed E-state index contributed by atoms with van der Waals surface area (Å²) in [4.78, 5) is 23.2. The topological polar surface area (TPSA) is 61.8 Å². The van der Waals surface area contributed by atoms with Gasteiger partial charge in [0.1, 0.15) is 5.92 Å². The molecule has 0 radical (unpaired) electrons. The van der Waals surface area contributed by atoms with Crippen LogP contribution in [-0.2, 0) is 23.5 Å². The molecule has 3 atom stereocenters. The van der Waals surface area contributed by atoms with Gasteiger partial charge < -0.3 is 13.9 Å². The third kappa shape index (κ3) is 2.49. The molecule has 1 heterocycles. The molecule has 0 unspecified atom stereocenters. The predicted molar refractivity (Wildman–Crippen MR) is 66.0 cm³/mol. The first-order valence-corrected chi connectivity index (χ1v) is 9.40. The number of esters is 2. The van der Waals surface area contributed by atoms with Crippen LogP contribution in [0.15, 0.2) is 11.8 Å². The fraction of sp³-hybridized carbons (Fsp3) is 0.667. The van der Waals surface area contributed by atoms with Crippen LogP contribution in [-0.4, -0.2) is 33.5 Å². The van der Waals surface area contributed by atoms with Crippen molar-refractivity contribution in [2.75, 3.05) is 7.11 Å². The highest BCUT2D eigenvalue weighted by Crippen LogP contribution is 2.38. The maximum atomic E-state index is 11.6. The van der Waals surface area contributed by atoms with Gasteiger partial charge in [-0.15, -0.1) is 0 Å². The average Bonchev–Trinajstić information content (AvgIpc) is 2.51. The van der Waals surface area contributed by atoms with Crippen LogP contribution >= 0.6 is 0 Å². The van der Waals surface area contributed by atoms with Gasteiger partial charge in [-0.3, -0.25) is 9.59 Å². The van der Waals surface area contributed by atoms with Crippen LogP contribution in [0, 0.1) is 11.8 Å². The summed E-state index contributed by atoms with van der Waals surface area (Å²) < 4.78 is 15.9. The van der Waals surface area contributed by atoms with E-state index in [4.69, 9.17) is 9.16 Å². The van der Waals surface area contributed by atoms with E-state index < -0.39 is 38.2 Å². The average molecular weight is 270 g/mol. The summed E-state index contributed by atoms with van der Waals surface area (Å²) >= 11 is 0. The maximum absolute atomic E-state index is 11.6. The quantitative estimate of drug-likeness (QED) is 0.441. The van der Waals surface area contributed by atoms with Gasteiger partial charge in [-0.25, -0.2) is 0 Å². The van der Waals surface area contributed by atoms with Gasteiger partial charge in [0.15, 0.2) is 0 Å². The summed E-state index contributed by atoms with van der Waals surface area (Å²) in [5, 5.41) is 0. The van der Waals surface area contributed by atoms with Crippen molar-refractivity contribution in [2.45, 2.75) is 32.2 Å². The zero-order chi connectivity index (χ0) is 13.5. The van der Waals surface area contributed by atoms with Crippen LogP contribution in [0.2, 0.25) is 19.6 Å². The molecule has 2 aliphatic rings. The normalized spacial score (nSPS) is 31.8. The van der Waals surface area contributed by atoms with E-state index in [-0.39, 0.29) is 0 Å². The fourth-order valence-electron chi connectivity index (χ4n) is 2.38. The molecule has 0 aromatic carbocycles. The Bertz CT molecular complexity index is 409. The Balaban J connectivity index is 2.24. The molecule has 0 aromatic heterocycles. The molecular weight excluding hydrogens is 252 g/mol. The zero-order valence-corrected chi connectivity index (χ0v) is 12.1. The molecule has 0 spiro atoms. The van der Waals surface area contributed by atoms with E-state index in [0.29, 0.717) is 6.42 Å². The lowest BCUT2D eigenvalue weighted by atomic mass is 9.82. The molecule has 1 aliphatic carbocycles. The number of fused-ring (bicyclic) bond motifs is 1. The highest BCUT2D eigenvalue weighted by molar-refractivity contribution is 6.70. The van der Waals surface area contributed by atoms with Gasteiger partial charge >= 0.3 is 11.9 Å². The van der Waals surface area contributed by atoms with Crippen LogP contribution in [0.4, 0.5) is 0 Å². The molecule has 2 rings (SSSR count). The van der Waals surface area contributed by atoms with Gasteiger partial charge in [0.05, 0.1) is 17.8 Å². The Morgan fingerprint density at radius 1 is 1.28 bits per heavy atom. The predicted octanol–water partition coefficient (Wildman–Crippen LogP) is 1.46. The van der Waals surface area contributed by atoms with Crippen molar-refractivity contribution in [2.24, 2.45) is 11.8 Å². The lowest BCUT2D eigenvalue weighted by molar-refractivity contribution is -0.154. The van der Waals surface area contributed by atoms with Gasteiger partial charge in [0, 0.05) is 13.5 Å². The van der Waals surface area contributed by atoms with E-state index in [1.54, 1.807) is 6.08 Å². The summed E-state index contributed by atoms with van der Waals surface area (Å²) in [6.45, 7) is 6.21. The number of rotatable bonds is 3. The van der Waals surface area contributed by atoms with Crippen molar-refractivity contribution in [3.63, 3.8) is 0 Å². The Labute approximate surface area is 107 Å². The van der Waals surface area contributed by atoms with Crippen molar-refractivity contribution in [1.29, 1.82) is 0 Å². The van der Waals surface area contributed by atoms with Crippen molar-refractivity contribution < 1.29 is 23.5 Å². The highest BCUT2D eigenvalue weighted by atomic mass is 28.4. The number of hydrogen-bond donors (Lipinski definition) is 0. The van der Waals surface area contributed by atoms with Gasteiger partial charge in [0.25, 0.3) is 0 Å². The van der Waals surface area contributed by atoms with Crippen LogP contribution in [0.1, 0.15) is 6.42 Å². The number of cyclic esters (lactones) is 2. The third-order valence-corrected chi connectivity index (χ3v) is 3.92. The molecule has 1 saturated heterocycles. The Hall–Kier alpha value is -1.14. The SMILES string of the molecule is CO[C@@H]1C=C(O[Si](C)(C)C)C[C@@H]2C(=O)OC(=O)[C@@H]21. The molecule has 6 heteroatoms. The van der Waals surface area contributed by atoms with Crippen molar-refractivity contribution in [3.8, 4) is 0 Å². The van der Waals surface area contributed by atoms with Crippen molar-refractivity contribution in [3.05, 3.63) is 11.8 Å². The van der Waals surface area contributed by atoms with Crippen LogP contribution in [0.3, 0.4) is 0 Å². The first kappa shape index (κ1) is 13.3. The largest absolute Gasteiger partial charge is 0.547 e. The van der Waals surface area contributed by atoms with Gasteiger partial charge in [0.2, 0.25) is 8.32 Å². The smallest absolute Gasteiger partial charge is 0.320 e. The number of allylic oxidation sites excluding steroid dienone is 1. The first-order valence-electron chi connectivity index (χ1n) is 6.00. The highest BCUT2D eigenvalue weighted by Gasteiger charge is 2.51. The lowest BCUT2D eigenvalue weighted by Gasteiger charge is -2.30. The summed E-state index contributed by atoms with van der Waals surface area (Å²) in [7, 11) is -0.211. The Kier molecular flexibility index (Phi) is 3.33. The standard InChI is InChI=1S/C12H18O5Si/c1-15-9-6-7(17-18(2,3)4)5-8-10(9)12(14)16-11(8)13/h6,8-10H,5H2,1-4H3/t8-,9+,10-/m0/s1. The molecule has 18 heavy (non-hydrogen) atoms. The molecule has 1 aliphatic heterocycles. The first-order chi connectivity index (χ1) is 8.31. The Morgan fingerprint density at radius 3 is 2.50 bits per heavy atom. The second-order valence-electron chi connectivity index (χ2n) is 5.62. The minimum absolute atomic E-state index is 0.430. The summed E-state index contributed by atoms with van der Waals surface area (Å²) in [6, 6.07) is 0. The number of ether oxygens (including phenoxy) is 2. The van der Waals surface area contributed by atoms with Crippen LogP contribution < -0.4 is 0 Å². The number of methoxy groups -OCH3 is 1. The molecule has 0 bridgehead atoms. The minimum atomic E-state index is -1.73. The molecule has 0 amide bonds. The Morgan fingerprint density at radius 2 is 1.94 bits per heavy atom. The van der Waals surface area contributed by atoms with Gasteiger partial charge in [-0.05, 0) is 25.7 Å². The summed E-state index contributed by atoms with van der Waals surface area (Å²) in [5.74, 6) is -1.18. The molecule has 1 fully saturated rings. The molecule has 0 saturated carbocycles. The summed E-state index contributed by atoms with van der Waals surface area (Å²) in [5.41, 5.74) is 0. The third-order valence-electron chi connectivity index (χ3n) is 3.04. The van der Waals surface area contributed by atoms with E-state index in [2.05, 4.69) is 24.4 Å². The van der Waals surface area contributed by atoms with E-state index in [1.807, 2.05) is 0 Å².